The molecule has 0 bridgehead atoms. The zero-order valence-corrected chi connectivity index (χ0v) is 11.9. The fourth-order valence-electron chi connectivity index (χ4n) is 1.88. The topological polar surface area (TPSA) is 38.9 Å². The van der Waals surface area contributed by atoms with Crippen molar-refractivity contribution < 1.29 is 4.42 Å². The number of halogens is 1. The average Bonchev–Trinajstić information content (AvgIpc) is 2.89. The van der Waals surface area contributed by atoms with E-state index in [1.165, 1.54) is 0 Å². The summed E-state index contributed by atoms with van der Waals surface area (Å²) in [6.07, 6.45) is 0. The highest BCUT2D eigenvalue weighted by molar-refractivity contribution is 9.10. The van der Waals surface area contributed by atoms with Crippen LogP contribution in [0.4, 0.5) is 0 Å². The fourth-order valence-corrected chi connectivity index (χ4v) is 2.28. The Kier molecular flexibility index (Phi) is 3.17. The van der Waals surface area contributed by atoms with Gasteiger partial charge in [0, 0.05) is 15.6 Å². The molecule has 0 amide bonds. The molecule has 19 heavy (non-hydrogen) atoms. The number of nitrogens with zero attached hydrogens (tertiary/aromatic N) is 2. The Bertz CT molecular complexity index is 721. The maximum atomic E-state index is 5.75. The molecule has 0 aliphatic heterocycles. The normalized spacial score (nSPS) is 10.6. The van der Waals surface area contributed by atoms with Crippen molar-refractivity contribution in [2.45, 2.75) is 6.92 Å². The van der Waals surface area contributed by atoms with Crippen molar-refractivity contribution in [1.29, 1.82) is 0 Å². The van der Waals surface area contributed by atoms with Crippen LogP contribution in [0.1, 0.15) is 5.56 Å². The van der Waals surface area contributed by atoms with Crippen molar-refractivity contribution in [3.63, 3.8) is 0 Å². The summed E-state index contributed by atoms with van der Waals surface area (Å²) in [4.78, 5) is 0. The van der Waals surface area contributed by atoms with Crippen LogP contribution in [-0.2, 0) is 0 Å². The number of hydrogen-bond acceptors (Lipinski definition) is 3. The van der Waals surface area contributed by atoms with Gasteiger partial charge in [0.05, 0.1) is 0 Å². The highest BCUT2D eigenvalue weighted by atomic mass is 79.9. The lowest BCUT2D eigenvalue weighted by molar-refractivity contribution is 0.584. The molecule has 0 radical (unpaired) electrons. The van der Waals surface area contributed by atoms with Gasteiger partial charge in [-0.2, -0.15) is 0 Å². The number of rotatable bonds is 2. The van der Waals surface area contributed by atoms with Crippen molar-refractivity contribution >= 4 is 15.9 Å². The largest absolute Gasteiger partial charge is 0.416 e. The Morgan fingerprint density at radius 1 is 0.947 bits per heavy atom. The Labute approximate surface area is 119 Å². The molecule has 0 aliphatic carbocycles. The van der Waals surface area contributed by atoms with Crippen LogP contribution in [0.25, 0.3) is 22.9 Å². The zero-order chi connectivity index (χ0) is 13.2. The number of aryl methyl sites for hydroxylation is 1. The van der Waals surface area contributed by atoms with Crippen LogP contribution in [0.5, 0.6) is 0 Å². The van der Waals surface area contributed by atoms with Crippen LogP contribution in [0.2, 0.25) is 0 Å². The third-order valence-corrected chi connectivity index (χ3v) is 3.37. The first-order chi connectivity index (χ1) is 9.24. The lowest BCUT2D eigenvalue weighted by atomic mass is 10.1. The minimum atomic E-state index is 0.527. The smallest absolute Gasteiger partial charge is 0.248 e. The molecule has 1 heterocycles. The van der Waals surface area contributed by atoms with E-state index in [2.05, 4.69) is 26.1 Å². The highest BCUT2D eigenvalue weighted by Crippen LogP contribution is 2.27. The minimum absolute atomic E-state index is 0.527. The molecule has 3 nitrogen and oxygen atoms in total. The first kappa shape index (κ1) is 12.1. The molecule has 0 fully saturated rings. The molecular formula is C15H11BrN2O. The first-order valence-corrected chi connectivity index (χ1v) is 6.69. The molecule has 1 aromatic heterocycles. The molecule has 0 saturated carbocycles. The second-order valence-corrected chi connectivity index (χ2v) is 5.15. The van der Waals surface area contributed by atoms with E-state index >= 15 is 0 Å². The van der Waals surface area contributed by atoms with Gasteiger partial charge < -0.3 is 4.42 Å². The molecular weight excluding hydrogens is 304 g/mol. The van der Waals surface area contributed by atoms with Gasteiger partial charge in [0.1, 0.15) is 0 Å². The number of hydrogen-bond donors (Lipinski definition) is 0. The SMILES string of the molecule is Cc1ccccc1-c1nnc(-c2cccc(Br)c2)o1. The van der Waals surface area contributed by atoms with Crippen molar-refractivity contribution in [2.24, 2.45) is 0 Å². The van der Waals surface area contributed by atoms with Gasteiger partial charge in [-0.25, -0.2) is 0 Å². The van der Waals surface area contributed by atoms with Crippen molar-refractivity contribution in [1.82, 2.24) is 10.2 Å². The molecule has 0 atom stereocenters. The van der Waals surface area contributed by atoms with Crippen LogP contribution in [0.3, 0.4) is 0 Å². The van der Waals surface area contributed by atoms with E-state index in [4.69, 9.17) is 4.42 Å². The van der Waals surface area contributed by atoms with Gasteiger partial charge in [-0.15, -0.1) is 10.2 Å². The summed E-state index contributed by atoms with van der Waals surface area (Å²) >= 11 is 3.43. The van der Waals surface area contributed by atoms with E-state index in [1.54, 1.807) is 0 Å². The molecule has 94 valence electrons. The van der Waals surface area contributed by atoms with Gasteiger partial charge in [0.15, 0.2) is 0 Å². The fraction of sp³-hybridized carbons (Fsp3) is 0.0667. The van der Waals surface area contributed by atoms with Gasteiger partial charge in [-0.05, 0) is 36.8 Å². The van der Waals surface area contributed by atoms with Gasteiger partial charge in [-0.3, -0.25) is 0 Å². The Morgan fingerprint density at radius 2 is 1.74 bits per heavy atom. The molecule has 0 spiro atoms. The summed E-state index contributed by atoms with van der Waals surface area (Å²) in [5, 5.41) is 8.23. The predicted molar refractivity (Wildman–Crippen MR) is 77.6 cm³/mol. The van der Waals surface area contributed by atoms with Gasteiger partial charge >= 0.3 is 0 Å². The third kappa shape index (κ3) is 2.44. The Hall–Kier alpha value is -1.94. The van der Waals surface area contributed by atoms with Gasteiger partial charge in [0.2, 0.25) is 11.8 Å². The van der Waals surface area contributed by atoms with E-state index in [0.29, 0.717) is 11.8 Å². The summed E-state index contributed by atoms with van der Waals surface area (Å²) in [7, 11) is 0. The van der Waals surface area contributed by atoms with Gasteiger partial charge in [-0.1, -0.05) is 40.2 Å². The van der Waals surface area contributed by atoms with Gasteiger partial charge in [0.25, 0.3) is 0 Å². The molecule has 2 aromatic carbocycles. The van der Waals surface area contributed by atoms with E-state index in [-0.39, 0.29) is 0 Å². The Morgan fingerprint density at radius 3 is 2.53 bits per heavy atom. The van der Waals surface area contributed by atoms with Crippen LogP contribution >= 0.6 is 15.9 Å². The van der Waals surface area contributed by atoms with Crippen LogP contribution < -0.4 is 0 Å². The Balaban J connectivity index is 2.03. The molecule has 0 aliphatic rings. The zero-order valence-electron chi connectivity index (χ0n) is 10.3. The minimum Gasteiger partial charge on any atom is -0.416 e. The summed E-state index contributed by atoms with van der Waals surface area (Å²) < 4.78 is 6.74. The monoisotopic (exact) mass is 314 g/mol. The molecule has 4 heteroatoms. The standard InChI is InChI=1S/C15H11BrN2O/c1-10-5-2-3-8-13(10)15-18-17-14(19-15)11-6-4-7-12(16)9-11/h2-9H,1H3. The second kappa shape index (κ2) is 4.97. The second-order valence-electron chi connectivity index (χ2n) is 4.24. The molecule has 3 aromatic rings. The van der Waals surface area contributed by atoms with E-state index in [0.717, 1.165) is 21.2 Å². The maximum absolute atomic E-state index is 5.75. The number of benzene rings is 2. The quantitative estimate of drug-likeness (QED) is 0.700. The van der Waals surface area contributed by atoms with Crippen LogP contribution in [-0.4, -0.2) is 10.2 Å². The number of aromatic nitrogens is 2. The van der Waals surface area contributed by atoms with Crippen molar-refractivity contribution in [3.8, 4) is 22.9 Å². The van der Waals surface area contributed by atoms with E-state index < -0.39 is 0 Å². The predicted octanol–water partition coefficient (Wildman–Crippen LogP) is 4.47. The summed E-state index contributed by atoms with van der Waals surface area (Å²) in [6, 6.07) is 15.8. The first-order valence-electron chi connectivity index (χ1n) is 5.89. The lowest BCUT2D eigenvalue weighted by Crippen LogP contribution is -1.81. The van der Waals surface area contributed by atoms with Crippen molar-refractivity contribution in [2.75, 3.05) is 0 Å². The maximum Gasteiger partial charge on any atom is 0.248 e. The summed E-state index contributed by atoms with van der Waals surface area (Å²) in [5.41, 5.74) is 2.99. The third-order valence-electron chi connectivity index (χ3n) is 2.87. The summed E-state index contributed by atoms with van der Waals surface area (Å²) in [6.45, 7) is 2.03. The van der Waals surface area contributed by atoms with E-state index in [1.807, 2.05) is 55.5 Å². The van der Waals surface area contributed by atoms with E-state index in [9.17, 15) is 0 Å². The summed E-state index contributed by atoms with van der Waals surface area (Å²) in [5.74, 6) is 1.08. The molecule has 3 rings (SSSR count). The average molecular weight is 315 g/mol. The highest BCUT2D eigenvalue weighted by Gasteiger charge is 2.11. The van der Waals surface area contributed by atoms with Crippen molar-refractivity contribution in [3.05, 3.63) is 58.6 Å². The molecule has 0 unspecified atom stereocenters. The lowest BCUT2D eigenvalue weighted by Gasteiger charge is -1.99. The molecule has 0 N–H and O–H groups in total. The van der Waals surface area contributed by atoms with Crippen LogP contribution in [0.15, 0.2) is 57.4 Å². The van der Waals surface area contributed by atoms with Crippen LogP contribution in [0, 0.1) is 6.92 Å². The molecule has 0 saturated heterocycles.